The number of hydrogen-bond acceptors (Lipinski definition) is 7. The summed E-state index contributed by atoms with van der Waals surface area (Å²) in [6.45, 7) is 1.90. The van der Waals surface area contributed by atoms with Gasteiger partial charge in [0, 0.05) is 17.2 Å². The highest BCUT2D eigenvalue weighted by Gasteiger charge is 2.36. The standard InChI is InChI=1S/C26H20BrFN2O6S/c1-2-35-22-12-16(11-19(27)24(22)36-15-18-8-3-5-9-20(18)28)13-23-25(31)29(26(32)37-23)14-17-7-4-6-10-21(17)30(33)34/h3-13H,2,14-15H2,1H3/b23-13-. The number of halogens is 2. The van der Waals surface area contributed by atoms with Crippen LogP contribution in [0.15, 0.2) is 70.0 Å². The summed E-state index contributed by atoms with van der Waals surface area (Å²) < 4.78 is 26.1. The Kier molecular flexibility index (Phi) is 8.24. The molecule has 1 aliphatic rings. The number of rotatable bonds is 9. The van der Waals surface area contributed by atoms with Crippen LogP contribution in [0.2, 0.25) is 0 Å². The molecule has 2 amide bonds. The molecule has 0 saturated carbocycles. The number of para-hydroxylation sites is 1. The van der Waals surface area contributed by atoms with Crippen LogP contribution in [0.4, 0.5) is 14.9 Å². The lowest BCUT2D eigenvalue weighted by molar-refractivity contribution is -0.385. The Morgan fingerprint density at radius 1 is 1.08 bits per heavy atom. The monoisotopic (exact) mass is 586 g/mol. The number of carbonyl (C=O) groups excluding carboxylic acids is 2. The number of thioether (sulfide) groups is 1. The number of nitro benzene ring substituents is 1. The van der Waals surface area contributed by atoms with E-state index in [0.717, 1.165) is 16.7 Å². The van der Waals surface area contributed by atoms with Crippen LogP contribution >= 0.6 is 27.7 Å². The quantitative estimate of drug-likeness (QED) is 0.156. The van der Waals surface area contributed by atoms with Crippen LogP contribution in [-0.2, 0) is 17.9 Å². The van der Waals surface area contributed by atoms with Gasteiger partial charge < -0.3 is 9.47 Å². The summed E-state index contributed by atoms with van der Waals surface area (Å²) in [7, 11) is 0. The number of imide groups is 1. The lowest BCUT2D eigenvalue weighted by atomic mass is 10.1. The van der Waals surface area contributed by atoms with E-state index in [1.807, 2.05) is 0 Å². The molecule has 0 aliphatic carbocycles. The van der Waals surface area contributed by atoms with E-state index in [1.54, 1.807) is 43.3 Å². The summed E-state index contributed by atoms with van der Waals surface area (Å²) in [6.07, 6.45) is 1.54. The maximum atomic E-state index is 14.0. The predicted octanol–water partition coefficient (Wildman–Crippen LogP) is 6.71. The second-order valence-electron chi connectivity index (χ2n) is 7.80. The molecule has 0 radical (unpaired) electrons. The highest BCUT2D eigenvalue weighted by Crippen LogP contribution is 2.40. The molecular formula is C26H20BrFN2O6S. The van der Waals surface area contributed by atoms with E-state index < -0.39 is 16.1 Å². The smallest absolute Gasteiger partial charge is 0.293 e. The summed E-state index contributed by atoms with van der Waals surface area (Å²) >= 11 is 4.20. The van der Waals surface area contributed by atoms with Crippen molar-refractivity contribution in [2.75, 3.05) is 6.61 Å². The van der Waals surface area contributed by atoms with Gasteiger partial charge in [-0.25, -0.2) is 4.39 Å². The summed E-state index contributed by atoms with van der Waals surface area (Å²) in [5, 5.41) is 10.8. The molecule has 0 N–H and O–H groups in total. The molecule has 11 heteroatoms. The second-order valence-corrected chi connectivity index (χ2v) is 9.64. The van der Waals surface area contributed by atoms with Gasteiger partial charge in [0.05, 0.1) is 27.5 Å². The van der Waals surface area contributed by atoms with Gasteiger partial charge in [-0.1, -0.05) is 36.4 Å². The fourth-order valence-electron chi connectivity index (χ4n) is 3.62. The molecule has 0 spiro atoms. The third-order valence-electron chi connectivity index (χ3n) is 5.35. The van der Waals surface area contributed by atoms with Gasteiger partial charge in [-0.05, 0) is 64.5 Å². The molecule has 0 bridgehead atoms. The number of hydrogen-bond donors (Lipinski definition) is 0. The first-order valence-corrected chi connectivity index (χ1v) is 12.7. The van der Waals surface area contributed by atoms with Crippen LogP contribution in [0.1, 0.15) is 23.6 Å². The van der Waals surface area contributed by atoms with E-state index in [0.29, 0.717) is 33.7 Å². The Morgan fingerprint density at radius 3 is 2.49 bits per heavy atom. The van der Waals surface area contributed by atoms with Crippen molar-refractivity contribution < 1.29 is 28.4 Å². The van der Waals surface area contributed by atoms with Gasteiger partial charge in [-0.2, -0.15) is 0 Å². The predicted molar refractivity (Wildman–Crippen MR) is 141 cm³/mol. The fourth-order valence-corrected chi connectivity index (χ4v) is 5.03. The van der Waals surface area contributed by atoms with Gasteiger partial charge in [0.25, 0.3) is 16.8 Å². The first-order valence-electron chi connectivity index (χ1n) is 11.1. The van der Waals surface area contributed by atoms with Crippen molar-refractivity contribution in [3.8, 4) is 11.5 Å². The van der Waals surface area contributed by atoms with E-state index in [2.05, 4.69) is 15.9 Å². The van der Waals surface area contributed by atoms with Crippen molar-refractivity contribution in [2.45, 2.75) is 20.1 Å². The van der Waals surface area contributed by atoms with E-state index >= 15 is 0 Å². The van der Waals surface area contributed by atoms with Crippen LogP contribution in [-0.4, -0.2) is 27.6 Å². The Hall–Kier alpha value is -3.70. The van der Waals surface area contributed by atoms with Crippen molar-refractivity contribution in [3.05, 3.63) is 103 Å². The third-order valence-corrected chi connectivity index (χ3v) is 6.85. The zero-order valence-electron chi connectivity index (χ0n) is 19.5. The minimum atomic E-state index is -0.554. The third kappa shape index (κ3) is 6.00. The molecule has 3 aromatic rings. The zero-order chi connectivity index (χ0) is 26.5. The van der Waals surface area contributed by atoms with Crippen molar-refractivity contribution in [1.82, 2.24) is 4.90 Å². The lowest BCUT2D eigenvalue weighted by Gasteiger charge is -2.15. The molecule has 1 saturated heterocycles. The normalized spacial score (nSPS) is 14.4. The van der Waals surface area contributed by atoms with Crippen LogP contribution < -0.4 is 9.47 Å². The van der Waals surface area contributed by atoms with Gasteiger partial charge in [-0.15, -0.1) is 0 Å². The van der Waals surface area contributed by atoms with Crippen LogP contribution in [0, 0.1) is 15.9 Å². The van der Waals surface area contributed by atoms with Crippen molar-refractivity contribution >= 4 is 50.6 Å². The van der Waals surface area contributed by atoms with Crippen molar-refractivity contribution in [2.24, 2.45) is 0 Å². The number of ether oxygens (including phenoxy) is 2. The van der Waals surface area contributed by atoms with Gasteiger partial charge in [0.1, 0.15) is 12.4 Å². The number of amides is 2. The molecular weight excluding hydrogens is 567 g/mol. The number of carbonyl (C=O) groups is 2. The maximum absolute atomic E-state index is 14.0. The van der Waals surface area contributed by atoms with Crippen LogP contribution in [0.25, 0.3) is 6.08 Å². The number of benzene rings is 3. The summed E-state index contributed by atoms with van der Waals surface area (Å²) in [6, 6.07) is 15.6. The molecule has 1 aliphatic heterocycles. The molecule has 0 unspecified atom stereocenters. The minimum Gasteiger partial charge on any atom is -0.490 e. The van der Waals surface area contributed by atoms with E-state index in [-0.39, 0.29) is 35.1 Å². The van der Waals surface area contributed by atoms with Crippen molar-refractivity contribution in [1.29, 1.82) is 0 Å². The molecule has 1 heterocycles. The summed E-state index contributed by atoms with van der Waals surface area (Å²) in [5.74, 6) is -0.197. The average Bonchev–Trinajstić information content (AvgIpc) is 3.12. The van der Waals surface area contributed by atoms with E-state index in [1.165, 1.54) is 30.3 Å². The maximum Gasteiger partial charge on any atom is 0.293 e. The highest BCUT2D eigenvalue weighted by atomic mass is 79.9. The zero-order valence-corrected chi connectivity index (χ0v) is 21.9. The largest absolute Gasteiger partial charge is 0.490 e. The highest BCUT2D eigenvalue weighted by molar-refractivity contribution is 9.10. The van der Waals surface area contributed by atoms with E-state index in [4.69, 9.17) is 9.47 Å². The molecule has 1 fully saturated rings. The molecule has 190 valence electrons. The Labute approximate surface area is 224 Å². The number of nitro groups is 1. The summed E-state index contributed by atoms with van der Waals surface area (Å²) in [4.78, 5) is 37.5. The van der Waals surface area contributed by atoms with Gasteiger partial charge in [-0.3, -0.25) is 24.6 Å². The molecule has 3 aromatic carbocycles. The first kappa shape index (κ1) is 26.4. The molecule has 37 heavy (non-hydrogen) atoms. The average molecular weight is 587 g/mol. The fraction of sp³-hybridized carbons (Fsp3) is 0.154. The van der Waals surface area contributed by atoms with Crippen LogP contribution in [0.3, 0.4) is 0 Å². The Bertz CT molecular complexity index is 1410. The van der Waals surface area contributed by atoms with Crippen LogP contribution in [0.5, 0.6) is 11.5 Å². The molecule has 0 atom stereocenters. The topological polar surface area (TPSA) is 99.0 Å². The van der Waals surface area contributed by atoms with Crippen molar-refractivity contribution in [3.63, 3.8) is 0 Å². The molecule has 4 rings (SSSR count). The van der Waals surface area contributed by atoms with Gasteiger partial charge >= 0.3 is 0 Å². The lowest BCUT2D eigenvalue weighted by Crippen LogP contribution is -2.27. The summed E-state index contributed by atoms with van der Waals surface area (Å²) in [5.41, 5.74) is 1.04. The minimum absolute atomic E-state index is 0.0186. The second kappa shape index (κ2) is 11.6. The van der Waals surface area contributed by atoms with E-state index in [9.17, 15) is 24.1 Å². The Balaban J connectivity index is 1.58. The Morgan fingerprint density at radius 2 is 1.78 bits per heavy atom. The van der Waals surface area contributed by atoms with Gasteiger partial charge in [0.2, 0.25) is 0 Å². The SMILES string of the molecule is CCOc1cc(/C=C2\SC(=O)N(Cc3ccccc3[N+](=O)[O-])C2=O)cc(Br)c1OCc1ccccc1F. The first-order chi connectivity index (χ1) is 17.8. The number of nitrogens with zero attached hydrogens (tertiary/aromatic N) is 2. The molecule has 8 nitrogen and oxygen atoms in total. The molecule has 0 aromatic heterocycles. The van der Waals surface area contributed by atoms with Gasteiger partial charge in [0.15, 0.2) is 11.5 Å².